The number of anilines is 1. The van der Waals surface area contributed by atoms with Gasteiger partial charge in [-0.15, -0.1) is 0 Å². The fraction of sp³-hybridized carbons (Fsp3) is 0.433. The molecule has 0 bridgehead atoms. The number of nitrogens with zero attached hydrogens (tertiary/aromatic N) is 4. The molecule has 5 heteroatoms. The van der Waals surface area contributed by atoms with Crippen LogP contribution in [0.1, 0.15) is 65.9 Å². The average molecular weight is 471 g/mol. The smallest absolute Gasteiger partial charge is 0.253 e. The number of carbonyl (C=O) groups is 1. The molecule has 0 atom stereocenters. The minimum absolute atomic E-state index is 0.125. The molecule has 2 aromatic carbocycles. The molecule has 5 nitrogen and oxygen atoms in total. The number of hydrogen-bond donors (Lipinski definition) is 0. The SMILES string of the molecule is CCCCCc1ccc(C(=O)N2CCN(c3nc(-c4cccc(C)c4)nc(C)c3CC)CC2)cc1. The highest BCUT2D eigenvalue weighted by Gasteiger charge is 2.25. The van der Waals surface area contributed by atoms with Crippen LogP contribution in [0.4, 0.5) is 5.82 Å². The highest BCUT2D eigenvalue weighted by molar-refractivity contribution is 5.94. The summed E-state index contributed by atoms with van der Waals surface area (Å²) >= 11 is 0. The lowest BCUT2D eigenvalue weighted by molar-refractivity contribution is 0.0746. The Balaban J connectivity index is 1.46. The first-order valence-corrected chi connectivity index (χ1v) is 13.1. The van der Waals surface area contributed by atoms with Crippen molar-refractivity contribution in [2.45, 2.75) is 59.8 Å². The van der Waals surface area contributed by atoms with E-state index < -0.39 is 0 Å². The average Bonchev–Trinajstić information content (AvgIpc) is 2.88. The molecule has 0 radical (unpaired) electrons. The number of carbonyl (C=O) groups excluding carboxylic acids is 1. The van der Waals surface area contributed by atoms with Gasteiger partial charge in [-0.1, -0.05) is 62.6 Å². The molecular weight excluding hydrogens is 432 g/mol. The molecule has 1 saturated heterocycles. The Labute approximate surface area is 210 Å². The topological polar surface area (TPSA) is 49.3 Å². The molecule has 4 rings (SSSR count). The molecular formula is C30H38N4O. The van der Waals surface area contributed by atoms with Crippen molar-refractivity contribution in [2.24, 2.45) is 0 Å². The van der Waals surface area contributed by atoms with Gasteiger partial charge in [-0.3, -0.25) is 4.79 Å². The number of piperazine rings is 1. The lowest BCUT2D eigenvalue weighted by Gasteiger charge is -2.36. The molecule has 184 valence electrons. The van der Waals surface area contributed by atoms with Crippen LogP contribution in [0.3, 0.4) is 0 Å². The summed E-state index contributed by atoms with van der Waals surface area (Å²) < 4.78 is 0. The van der Waals surface area contributed by atoms with Crippen LogP contribution in [0.25, 0.3) is 11.4 Å². The van der Waals surface area contributed by atoms with Crippen LogP contribution in [-0.2, 0) is 12.8 Å². The first-order chi connectivity index (χ1) is 17.0. The zero-order valence-electron chi connectivity index (χ0n) is 21.7. The zero-order chi connectivity index (χ0) is 24.8. The van der Waals surface area contributed by atoms with E-state index in [9.17, 15) is 4.79 Å². The molecule has 35 heavy (non-hydrogen) atoms. The standard InChI is InChI=1S/C30H38N4O/c1-5-7-8-11-24-13-15-25(16-14-24)30(35)34-19-17-33(18-20-34)29-27(6-2)23(4)31-28(32-29)26-12-9-10-22(3)21-26/h9-10,12-16,21H,5-8,11,17-20H2,1-4H3. The van der Waals surface area contributed by atoms with Gasteiger partial charge in [-0.05, 0) is 56.9 Å². The predicted octanol–water partition coefficient (Wildman–Crippen LogP) is 6.02. The fourth-order valence-corrected chi connectivity index (χ4v) is 4.87. The van der Waals surface area contributed by atoms with Crippen molar-refractivity contribution in [2.75, 3.05) is 31.1 Å². The molecule has 0 aliphatic carbocycles. The lowest BCUT2D eigenvalue weighted by Crippen LogP contribution is -2.49. The van der Waals surface area contributed by atoms with Gasteiger partial charge in [0.15, 0.2) is 5.82 Å². The summed E-state index contributed by atoms with van der Waals surface area (Å²) in [5.41, 5.74) is 6.57. The Morgan fingerprint density at radius 2 is 1.66 bits per heavy atom. The van der Waals surface area contributed by atoms with E-state index in [2.05, 4.69) is 69.0 Å². The van der Waals surface area contributed by atoms with Crippen LogP contribution in [0, 0.1) is 13.8 Å². The van der Waals surface area contributed by atoms with Crippen molar-refractivity contribution >= 4 is 11.7 Å². The maximum Gasteiger partial charge on any atom is 0.253 e. The van der Waals surface area contributed by atoms with Gasteiger partial charge < -0.3 is 9.80 Å². The number of aromatic nitrogens is 2. The van der Waals surface area contributed by atoms with Crippen molar-refractivity contribution in [1.82, 2.24) is 14.9 Å². The number of amides is 1. The zero-order valence-corrected chi connectivity index (χ0v) is 21.7. The highest BCUT2D eigenvalue weighted by Crippen LogP contribution is 2.27. The van der Waals surface area contributed by atoms with Crippen LogP contribution in [-0.4, -0.2) is 47.0 Å². The lowest BCUT2D eigenvalue weighted by atomic mass is 10.0. The van der Waals surface area contributed by atoms with Crippen molar-refractivity contribution in [3.63, 3.8) is 0 Å². The largest absolute Gasteiger partial charge is 0.353 e. The van der Waals surface area contributed by atoms with Crippen molar-refractivity contribution < 1.29 is 4.79 Å². The van der Waals surface area contributed by atoms with Crippen molar-refractivity contribution in [3.8, 4) is 11.4 Å². The van der Waals surface area contributed by atoms with Gasteiger partial charge in [0.05, 0.1) is 0 Å². The minimum atomic E-state index is 0.125. The summed E-state index contributed by atoms with van der Waals surface area (Å²) in [5, 5.41) is 0. The Morgan fingerprint density at radius 1 is 0.914 bits per heavy atom. The van der Waals surface area contributed by atoms with E-state index in [4.69, 9.17) is 9.97 Å². The Kier molecular flexibility index (Phi) is 8.17. The summed E-state index contributed by atoms with van der Waals surface area (Å²) in [5.74, 6) is 1.91. The third-order valence-corrected chi connectivity index (χ3v) is 6.96. The molecule has 3 aromatic rings. The summed E-state index contributed by atoms with van der Waals surface area (Å²) in [7, 11) is 0. The quantitative estimate of drug-likeness (QED) is 0.378. The molecule has 2 heterocycles. The minimum Gasteiger partial charge on any atom is -0.353 e. The van der Waals surface area contributed by atoms with E-state index in [1.165, 1.54) is 36.0 Å². The summed E-state index contributed by atoms with van der Waals surface area (Å²) in [6, 6.07) is 16.6. The molecule has 1 aromatic heterocycles. The number of hydrogen-bond acceptors (Lipinski definition) is 4. The molecule has 0 spiro atoms. The van der Waals surface area contributed by atoms with Gasteiger partial charge in [0.2, 0.25) is 0 Å². The van der Waals surface area contributed by atoms with Gasteiger partial charge in [0.25, 0.3) is 5.91 Å². The Bertz CT molecular complexity index is 1150. The molecule has 1 fully saturated rings. The second-order valence-corrected chi connectivity index (χ2v) is 9.59. The van der Waals surface area contributed by atoms with Crippen LogP contribution in [0.15, 0.2) is 48.5 Å². The van der Waals surface area contributed by atoms with E-state index >= 15 is 0 Å². The van der Waals surface area contributed by atoms with Gasteiger partial charge in [0, 0.05) is 48.6 Å². The van der Waals surface area contributed by atoms with Gasteiger partial charge in [0.1, 0.15) is 5.82 Å². The molecule has 1 aliphatic heterocycles. The maximum atomic E-state index is 13.1. The summed E-state index contributed by atoms with van der Waals surface area (Å²) in [6.45, 7) is 11.5. The van der Waals surface area contributed by atoms with E-state index in [0.29, 0.717) is 13.1 Å². The van der Waals surface area contributed by atoms with Crippen molar-refractivity contribution in [1.29, 1.82) is 0 Å². The normalized spacial score (nSPS) is 13.8. The predicted molar refractivity (Wildman–Crippen MR) is 144 cm³/mol. The third kappa shape index (κ3) is 5.90. The molecule has 0 N–H and O–H groups in total. The van der Waals surface area contributed by atoms with Gasteiger partial charge >= 0.3 is 0 Å². The Hall–Kier alpha value is -3.21. The Morgan fingerprint density at radius 3 is 2.31 bits per heavy atom. The first-order valence-electron chi connectivity index (χ1n) is 13.1. The highest BCUT2D eigenvalue weighted by atomic mass is 16.2. The summed E-state index contributed by atoms with van der Waals surface area (Å²) in [6.07, 6.45) is 5.66. The van der Waals surface area contributed by atoms with Crippen molar-refractivity contribution in [3.05, 3.63) is 76.5 Å². The monoisotopic (exact) mass is 470 g/mol. The number of unbranched alkanes of at least 4 members (excludes halogenated alkanes) is 2. The number of aryl methyl sites for hydroxylation is 3. The second-order valence-electron chi connectivity index (χ2n) is 9.59. The number of rotatable bonds is 8. The van der Waals surface area contributed by atoms with E-state index in [0.717, 1.165) is 54.4 Å². The van der Waals surface area contributed by atoms with E-state index in [-0.39, 0.29) is 5.91 Å². The fourth-order valence-electron chi connectivity index (χ4n) is 4.87. The van der Waals surface area contributed by atoms with Crippen LogP contribution >= 0.6 is 0 Å². The molecule has 0 saturated carbocycles. The molecule has 0 unspecified atom stereocenters. The second kappa shape index (κ2) is 11.5. The number of benzene rings is 2. The first kappa shape index (κ1) is 24.9. The maximum absolute atomic E-state index is 13.1. The van der Waals surface area contributed by atoms with E-state index in [1.807, 2.05) is 17.0 Å². The van der Waals surface area contributed by atoms with Crippen LogP contribution in [0.5, 0.6) is 0 Å². The van der Waals surface area contributed by atoms with Crippen LogP contribution < -0.4 is 4.90 Å². The van der Waals surface area contributed by atoms with E-state index in [1.54, 1.807) is 0 Å². The molecule has 1 amide bonds. The molecule has 1 aliphatic rings. The van der Waals surface area contributed by atoms with Crippen LogP contribution in [0.2, 0.25) is 0 Å². The van der Waals surface area contributed by atoms with Gasteiger partial charge in [-0.25, -0.2) is 9.97 Å². The van der Waals surface area contributed by atoms with Gasteiger partial charge in [-0.2, -0.15) is 0 Å². The third-order valence-electron chi connectivity index (χ3n) is 6.96. The summed E-state index contributed by atoms with van der Waals surface area (Å²) in [4.78, 5) is 27.3.